The lowest BCUT2D eigenvalue weighted by Crippen LogP contribution is -2.42. The van der Waals surface area contributed by atoms with Crippen molar-refractivity contribution in [1.82, 2.24) is 30.3 Å². The lowest BCUT2D eigenvalue weighted by Gasteiger charge is -2.28. The highest BCUT2D eigenvalue weighted by molar-refractivity contribution is 5.99. The van der Waals surface area contributed by atoms with Crippen LogP contribution in [0.25, 0.3) is 11.4 Å². The van der Waals surface area contributed by atoms with Crippen LogP contribution in [-0.2, 0) is 11.8 Å². The zero-order chi connectivity index (χ0) is 26.8. The third-order valence-corrected chi connectivity index (χ3v) is 5.91. The maximum Gasteiger partial charge on any atom is 0.273 e. The second-order valence-corrected chi connectivity index (χ2v) is 8.11. The van der Waals surface area contributed by atoms with E-state index in [1.165, 1.54) is 13.2 Å². The normalized spacial score (nSPS) is 16.4. The number of hydrogen-bond acceptors (Lipinski definition) is 9. The van der Waals surface area contributed by atoms with Crippen molar-refractivity contribution in [3.63, 3.8) is 0 Å². The zero-order valence-corrected chi connectivity index (χ0v) is 19.1. The molecule has 2 aromatic heterocycles. The number of benzene rings is 1. The number of para-hydroxylation sites is 1. The molecule has 0 spiro atoms. The van der Waals surface area contributed by atoms with Gasteiger partial charge in [0, 0.05) is 24.2 Å². The van der Waals surface area contributed by atoms with Gasteiger partial charge in [-0.2, -0.15) is 5.10 Å². The molecule has 34 heavy (non-hydrogen) atoms. The molecule has 1 aromatic carbocycles. The highest BCUT2D eigenvalue weighted by Gasteiger charge is 2.44. The van der Waals surface area contributed by atoms with E-state index in [-0.39, 0.29) is 23.1 Å². The van der Waals surface area contributed by atoms with E-state index in [0.29, 0.717) is 29.2 Å². The second-order valence-electron chi connectivity index (χ2n) is 8.11. The lowest BCUT2D eigenvalue weighted by atomic mass is 9.92. The van der Waals surface area contributed by atoms with E-state index in [4.69, 9.17) is 8.85 Å². The number of aryl methyl sites for hydroxylation is 1. The molecule has 0 bridgehead atoms. The van der Waals surface area contributed by atoms with Crippen molar-refractivity contribution in [2.24, 2.45) is 13.0 Å². The SMILES string of the molecule is [2H]C([2H])([2H])NC(=O)c1nnc(NC(C=O)(CC)C2CC2)cc1Nc1cccc(-c2ncn(C)n2)c1OC. The largest absolute Gasteiger partial charge is 0.494 e. The zero-order valence-electron chi connectivity index (χ0n) is 22.1. The van der Waals surface area contributed by atoms with E-state index >= 15 is 0 Å². The molecule has 178 valence electrons. The van der Waals surface area contributed by atoms with Gasteiger partial charge in [-0.15, -0.1) is 10.2 Å². The van der Waals surface area contributed by atoms with Gasteiger partial charge in [-0.3, -0.25) is 9.48 Å². The van der Waals surface area contributed by atoms with Crippen molar-refractivity contribution < 1.29 is 18.4 Å². The first kappa shape index (κ1) is 19.4. The predicted molar refractivity (Wildman–Crippen MR) is 127 cm³/mol. The monoisotopic (exact) mass is 467 g/mol. The van der Waals surface area contributed by atoms with Gasteiger partial charge in [0.25, 0.3) is 5.91 Å². The molecular formula is C23H28N8O3. The molecule has 4 rings (SSSR count). The molecule has 1 aliphatic rings. The van der Waals surface area contributed by atoms with E-state index in [2.05, 4.69) is 30.9 Å². The Morgan fingerprint density at radius 2 is 2.18 bits per heavy atom. The summed E-state index contributed by atoms with van der Waals surface area (Å²) in [4.78, 5) is 29.1. The maximum atomic E-state index is 12.8. The Hall–Kier alpha value is -4.02. The number of hydrogen-bond donors (Lipinski definition) is 3. The number of amides is 1. The summed E-state index contributed by atoms with van der Waals surface area (Å²) in [5, 5.41) is 20.7. The Morgan fingerprint density at radius 3 is 2.79 bits per heavy atom. The molecule has 11 nitrogen and oxygen atoms in total. The molecule has 3 aromatic rings. The summed E-state index contributed by atoms with van der Waals surface area (Å²) >= 11 is 0. The minimum Gasteiger partial charge on any atom is -0.494 e. The number of nitrogens with one attached hydrogen (secondary N) is 3. The summed E-state index contributed by atoms with van der Waals surface area (Å²) in [6, 6.07) is 6.78. The third kappa shape index (κ3) is 4.41. The number of nitrogens with zero attached hydrogens (tertiary/aromatic N) is 5. The van der Waals surface area contributed by atoms with Crippen LogP contribution in [0.3, 0.4) is 0 Å². The number of aromatic nitrogens is 5. The van der Waals surface area contributed by atoms with Gasteiger partial charge >= 0.3 is 0 Å². The van der Waals surface area contributed by atoms with E-state index < -0.39 is 18.4 Å². The molecule has 1 unspecified atom stereocenters. The van der Waals surface area contributed by atoms with Gasteiger partial charge in [-0.1, -0.05) is 13.0 Å². The van der Waals surface area contributed by atoms with E-state index in [9.17, 15) is 9.59 Å². The van der Waals surface area contributed by atoms with E-state index in [1.807, 2.05) is 12.2 Å². The van der Waals surface area contributed by atoms with Crippen LogP contribution in [-0.4, -0.2) is 56.8 Å². The van der Waals surface area contributed by atoms with Gasteiger partial charge in [-0.25, -0.2) is 4.98 Å². The summed E-state index contributed by atoms with van der Waals surface area (Å²) in [7, 11) is 3.23. The average Bonchev–Trinajstić information content (AvgIpc) is 3.62. The third-order valence-electron chi connectivity index (χ3n) is 5.91. The van der Waals surface area contributed by atoms with Gasteiger partial charge in [0.1, 0.15) is 12.6 Å². The minimum atomic E-state index is -2.73. The van der Waals surface area contributed by atoms with Crippen LogP contribution < -0.4 is 20.7 Å². The number of carbonyl (C=O) groups excluding carboxylic acids is 2. The number of ether oxygens (including phenoxy) is 1. The number of rotatable bonds is 10. The number of methoxy groups -OCH3 is 1. The molecule has 3 N–H and O–H groups in total. The predicted octanol–water partition coefficient (Wildman–Crippen LogP) is 2.55. The molecule has 11 heteroatoms. The van der Waals surface area contributed by atoms with Crippen LogP contribution in [0.5, 0.6) is 5.75 Å². The first-order valence-electron chi connectivity index (χ1n) is 12.3. The number of anilines is 3. The molecule has 1 atom stereocenters. The van der Waals surface area contributed by atoms with Crippen LogP contribution >= 0.6 is 0 Å². The van der Waals surface area contributed by atoms with Crippen molar-refractivity contribution in [3.8, 4) is 17.1 Å². The Kier molecular flexibility index (Phi) is 5.41. The van der Waals surface area contributed by atoms with Crippen molar-refractivity contribution in [2.45, 2.75) is 31.7 Å². The molecule has 1 aliphatic carbocycles. The second kappa shape index (κ2) is 9.46. The van der Waals surface area contributed by atoms with Gasteiger partial charge in [0.15, 0.2) is 23.1 Å². The smallest absolute Gasteiger partial charge is 0.273 e. The Bertz CT molecular complexity index is 1310. The lowest BCUT2D eigenvalue weighted by molar-refractivity contribution is -0.112. The van der Waals surface area contributed by atoms with Crippen LogP contribution in [0.4, 0.5) is 17.2 Å². The van der Waals surface area contributed by atoms with Crippen LogP contribution in [0, 0.1) is 5.92 Å². The van der Waals surface area contributed by atoms with Gasteiger partial charge < -0.3 is 25.5 Å². The van der Waals surface area contributed by atoms with Crippen LogP contribution in [0.1, 0.15) is 40.8 Å². The minimum absolute atomic E-state index is 0.162. The summed E-state index contributed by atoms with van der Waals surface area (Å²) in [5.41, 5.74) is 0.159. The van der Waals surface area contributed by atoms with E-state index in [0.717, 1.165) is 19.1 Å². The maximum absolute atomic E-state index is 12.8. The van der Waals surface area contributed by atoms with E-state index in [1.54, 1.807) is 36.3 Å². The summed E-state index contributed by atoms with van der Waals surface area (Å²) in [6.45, 7) is -0.817. The highest BCUT2D eigenvalue weighted by Crippen LogP contribution is 2.42. The standard InChI is InChI=1S/C23H28N8O3/c1-5-23(12-32,14-9-10-14)27-18-11-17(19(29-28-18)22(33)24-2)26-16-8-6-7-15(20(16)34-4)21-25-13-31(3)30-21/h6-8,11-14H,5,9-10H2,1-4H3,(H,24,33)(H2,26,27,28)/i2D3. The Labute approximate surface area is 201 Å². The van der Waals surface area contributed by atoms with Crippen LogP contribution in [0.15, 0.2) is 30.6 Å². The van der Waals surface area contributed by atoms with Crippen molar-refractivity contribution in [2.75, 3.05) is 24.7 Å². The van der Waals surface area contributed by atoms with Gasteiger partial charge in [0.2, 0.25) is 0 Å². The van der Waals surface area contributed by atoms with Gasteiger partial charge in [-0.05, 0) is 37.3 Å². The fraction of sp³-hybridized carbons (Fsp3) is 0.391. The Morgan fingerprint density at radius 1 is 1.35 bits per heavy atom. The highest BCUT2D eigenvalue weighted by atomic mass is 16.5. The first-order chi connectivity index (χ1) is 17.6. The summed E-state index contributed by atoms with van der Waals surface area (Å²) in [6.07, 6.45) is 4.83. The quantitative estimate of drug-likeness (QED) is 0.384. The molecule has 1 fully saturated rings. The summed E-state index contributed by atoms with van der Waals surface area (Å²) < 4.78 is 29.4. The molecule has 0 aliphatic heterocycles. The molecular weight excluding hydrogens is 436 g/mol. The van der Waals surface area contributed by atoms with Gasteiger partial charge in [0.05, 0.1) is 29.6 Å². The van der Waals surface area contributed by atoms with Crippen molar-refractivity contribution in [1.29, 1.82) is 0 Å². The number of aldehydes is 1. The molecule has 0 radical (unpaired) electrons. The van der Waals surface area contributed by atoms with Crippen LogP contribution in [0.2, 0.25) is 0 Å². The fourth-order valence-corrected chi connectivity index (χ4v) is 3.94. The number of carbonyl (C=O) groups is 2. The van der Waals surface area contributed by atoms with Crippen molar-refractivity contribution >= 4 is 29.4 Å². The molecule has 2 heterocycles. The first-order valence-corrected chi connectivity index (χ1v) is 10.8. The molecule has 0 saturated heterocycles. The molecule has 1 amide bonds. The Balaban J connectivity index is 1.76. The average molecular weight is 468 g/mol. The molecule has 1 saturated carbocycles. The summed E-state index contributed by atoms with van der Waals surface area (Å²) in [5.74, 6) is 0.324. The topological polar surface area (TPSA) is 136 Å². The van der Waals surface area contributed by atoms with Crippen molar-refractivity contribution in [3.05, 3.63) is 36.3 Å². The fourth-order valence-electron chi connectivity index (χ4n) is 3.94.